The second-order valence-corrected chi connectivity index (χ2v) is 6.07. The van der Waals surface area contributed by atoms with E-state index in [4.69, 9.17) is 11.6 Å². The molecular formula is C11H12ClNO4S. The van der Waals surface area contributed by atoms with E-state index in [1.807, 2.05) is 0 Å². The van der Waals surface area contributed by atoms with E-state index in [1.165, 1.54) is 30.5 Å². The lowest BCUT2D eigenvalue weighted by molar-refractivity contribution is -0.152. The molecule has 1 aromatic carbocycles. The van der Waals surface area contributed by atoms with Crippen LogP contribution < -0.4 is 0 Å². The van der Waals surface area contributed by atoms with E-state index in [-0.39, 0.29) is 6.61 Å². The summed E-state index contributed by atoms with van der Waals surface area (Å²) >= 11 is 5.69. The van der Waals surface area contributed by atoms with Crippen LogP contribution in [0.4, 0.5) is 0 Å². The number of esters is 1. The van der Waals surface area contributed by atoms with E-state index in [9.17, 15) is 13.8 Å². The molecule has 0 aliphatic carbocycles. The number of amides is 1. The van der Waals surface area contributed by atoms with E-state index >= 15 is 0 Å². The third-order valence-electron chi connectivity index (χ3n) is 1.96. The molecule has 0 fully saturated rings. The largest absolute Gasteiger partial charge is 0.459 e. The molecule has 0 spiro atoms. The standard InChI is InChI=1S/C11H12ClNO4S/c1-3-17-11(15)10(14)13-18(2,16)9-6-4-8(12)5-7-9/h4-7H,3H2,1-2H3. The molecule has 1 rings (SSSR count). The molecule has 0 bridgehead atoms. The van der Waals surface area contributed by atoms with Gasteiger partial charge in [-0.15, -0.1) is 4.36 Å². The minimum Gasteiger partial charge on any atom is -0.459 e. The number of hydrogen-bond acceptors (Lipinski definition) is 4. The molecule has 0 saturated heterocycles. The van der Waals surface area contributed by atoms with E-state index in [0.29, 0.717) is 9.92 Å². The van der Waals surface area contributed by atoms with Crippen LogP contribution in [-0.4, -0.2) is 28.9 Å². The fourth-order valence-electron chi connectivity index (χ4n) is 1.13. The summed E-state index contributed by atoms with van der Waals surface area (Å²) in [5.74, 6) is -2.26. The third-order valence-corrected chi connectivity index (χ3v) is 3.87. The second kappa shape index (κ2) is 5.97. The van der Waals surface area contributed by atoms with Crippen molar-refractivity contribution in [2.45, 2.75) is 11.8 Å². The maximum absolute atomic E-state index is 12.2. The van der Waals surface area contributed by atoms with Gasteiger partial charge in [0.1, 0.15) is 0 Å². The highest BCUT2D eigenvalue weighted by Gasteiger charge is 2.17. The molecule has 1 aromatic rings. The Morgan fingerprint density at radius 1 is 1.33 bits per heavy atom. The second-order valence-electron chi connectivity index (χ2n) is 3.37. The normalized spacial score (nSPS) is 13.5. The minimum absolute atomic E-state index is 0.0615. The lowest BCUT2D eigenvalue weighted by atomic mass is 10.4. The fourth-order valence-corrected chi connectivity index (χ4v) is 2.39. The summed E-state index contributed by atoms with van der Waals surface area (Å²) in [7, 11) is -2.97. The average Bonchev–Trinajstić information content (AvgIpc) is 2.29. The topological polar surface area (TPSA) is 72.8 Å². The summed E-state index contributed by atoms with van der Waals surface area (Å²) in [5, 5.41) is 0.477. The highest BCUT2D eigenvalue weighted by molar-refractivity contribution is 7.93. The number of halogens is 1. The van der Waals surface area contributed by atoms with Crippen molar-refractivity contribution in [1.29, 1.82) is 0 Å². The molecule has 0 aliphatic rings. The van der Waals surface area contributed by atoms with Gasteiger partial charge in [-0.3, -0.25) is 4.79 Å². The zero-order valence-electron chi connectivity index (χ0n) is 9.88. The molecular weight excluding hydrogens is 278 g/mol. The molecule has 1 unspecified atom stereocenters. The van der Waals surface area contributed by atoms with Crippen LogP contribution in [-0.2, 0) is 24.1 Å². The Labute approximate surface area is 110 Å². The predicted octanol–water partition coefficient (Wildman–Crippen LogP) is 1.89. The monoisotopic (exact) mass is 289 g/mol. The average molecular weight is 290 g/mol. The van der Waals surface area contributed by atoms with Gasteiger partial charge < -0.3 is 4.74 Å². The van der Waals surface area contributed by atoms with Crippen molar-refractivity contribution < 1.29 is 18.5 Å². The molecule has 0 heterocycles. The highest BCUT2D eigenvalue weighted by atomic mass is 35.5. The summed E-state index contributed by atoms with van der Waals surface area (Å²) in [6, 6.07) is 6.05. The van der Waals surface area contributed by atoms with Crippen LogP contribution in [0.5, 0.6) is 0 Å². The van der Waals surface area contributed by atoms with Gasteiger partial charge in [0.2, 0.25) is 0 Å². The molecule has 0 aromatic heterocycles. The first kappa shape index (κ1) is 14.7. The van der Waals surface area contributed by atoms with Gasteiger partial charge in [-0.1, -0.05) is 11.6 Å². The highest BCUT2D eigenvalue weighted by Crippen LogP contribution is 2.15. The van der Waals surface area contributed by atoms with Crippen molar-refractivity contribution in [1.82, 2.24) is 0 Å². The Balaban J connectivity index is 3.06. The fraction of sp³-hybridized carbons (Fsp3) is 0.273. The molecule has 1 atom stereocenters. The lowest BCUT2D eigenvalue weighted by Crippen LogP contribution is -2.17. The first-order chi connectivity index (χ1) is 8.36. The summed E-state index contributed by atoms with van der Waals surface area (Å²) in [6.45, 7) is 1.62. The SMILES string of the molecule is CCOC(=O)C(=O)N=S(C)(=O)c1ccc(Cl)cc1. The molecule has 7 heteroatoms. The number of carbonyl (C=O) groups is 2. The number of nitrogens with zero attached hydrogens (tertiary/aromatic N) is 1. The first-order valence-corrected chi connectivity index (χ1v) is 7.35. The van der Waals surface area contributed by atoms with E-state index in [1.54, 1.807) is 6.92 Å². The minimum atomic E-state index is -2.97. The molecule has 0 radical (unpaired) electrons. The van der Waals surface area contributed by atoms with Crippen molar-refractivity contribution in [3.05, 3.63) is 29.3 Å². The Morgan fingerprint density at radius 2 is 1.89 bits per heavy atom. The van der Waals surface area contributed by atoms with Crippen LogP contribution in [0, 0.1) is 0 Å². The summed E-state index contributed by atoms with van der Waals surface area (Å²) < 4.78 is 20.1. The van der Waals surface area contributed by atoms with Crippen LogP contribution in [0.2, 0.25) is 5.02 Å². The van der Waals surface area contributed by atoms with Gasteiger partial charge in [-0.05, 0) is 31.2 Å². The van der Waals surface area contributed by atoms with Gasteiger partial charge in [0.25, 0.3) is 0 Å². The summed E-state index contributed by atoms with van der Waals surface area (Å²) in [6.07, 6.45) is 1.27. The Hall–Kier alpha value is -1.40. The quantitative estimate of drug-likeness (QED) is 0.615. The van der Waals surface area contributed by atoms with Crippen molar-refractivity contribution in [2.24, 2.45) is 4.36 Å². The Morgan fingerprint density at radius 3 is 2.39 bits per heavy atom. The van der Waals surface area contributed by atoms with Gasteiger partial charge in [-0.2, -0.15) is 0 Å². The van der Waals surface area contributed by atoms with Crippen molar-refractivity contribution in [2.75, 3.05) is 12.9 Å². The molecule has 0 saturated carbocycles. The molecule has 18 heavy (non-hydrogen) atoms. The summed E-state index contributed by atoms with van der Waals surface area (Å²) in [4.78, 5) is 22.8. The zero-order valence-corrected chi connectivity index (χ0v) is 11.5. The molecule has 98 valence electrons. The van der Waals surface area contributed by atoms with Crippen LogP contribution in [0.25, 0.3) is 0 Å². The number of ether oxygens (including phenoxy) is 1. The van der Waals surface area contributed by atoms with Crippen LogP contribution in [0.1, 0.15) is 6.92 Å². The van der Waals surface area contributed by atoms with E-state index in [2.05, 4.69) is 9.10 Å². The van der Waals surface area contributed by atoms with Gasteiger partial charge in [0.05, 0.1) is 16.3 Å². The van der Waals surface area contributed by atoms with Crippen LogP contribution in [0.3, 0.4) is 0 Å². The first-order valence-electron chi connectivity index (χ1n) is 5.05. The Bertz CT molecular complexity index is 573. The van der Waals surface area contributed by atoms with Gasteiger partial charge in [0, 0.05) is 16.2 Å². The van der Waals surface area contributed by atoms with Gasteiger partial charge >= 0.3 is 11.9 Å². The molecule has 5 nitrogen and oxygen atoms in total. The molecule has 0 N–H and O–H groups in total. The third kappa shape index (κ3) is 3.82. The number of benzene rings is 1. The van der Waals surface area contributed by atoms with Crippen molar-refractivity contribution >= 4 is 33.2 Å². The van der Waals surface area contributed by atoms with E-state index < -0.39 is 21.6 Å². The van der Waals surface area contributed by atoms with Crippen LogP contribution >= 0.6 is 11.6 Å². The van der Waals surface area contributed by atoms with E-state index in [0.717, 1.165) is 0 Å². The lowest BCUT2D eigenvalue weighted by Gasteiger charge is -2.03. The number of hydrogen-bond donors (Lipinski definition) is 0. The number of carbonyl (C=O) groups excluding carboxylic acids is 2. The smallest absolute Gasteiger partial charge is 0.399 e. The molecule has 1 amide bonds. The summed E-state index contributed by atoms with van der Waals surface area (Å²) in [5.41, 5.74) is 0. The maximum Gasteiger partial charge on any atom is 0.399 e. The molecule has 0 aliphatic heterocycles. The zero-order chi connectivity index (χ0) is 13.8. The van der Waals surface area contributed by atoms with Crippen molar-refractivity contribution in [3.63, 3.8) is 0 Å². The maximum atomic E-state index is 12.2. The predicted molar refractivity (Wildman–Crippen MR) is 67.9 cm³/mol. The van der Waals surface area contributed by atoms with Gasteiger partial charge in [0.15, 0.2) is 0 Å². The van der Waals surface area contributed by atoms with Crippen molar-refractivity contribution in [3.8, 4) is 0 Å². The van der Waals surface area contributed by atoms with Gasteiger partial charge in [-0.25, -0.2) is 9.00 Å². The number of rotatable bonds is 2. The van der Waals surface area contributed by atoms with Crippen LogP contribution in [0.15, 0.2) is 33.5 Å². The Kier molecular flexibility index (Phi) is 4.86.